The Hall–Kier alpha value is -0.0800. The summed E-state index contributed by atoms with van der Waals surface area (Å²) in [5.41, 5.74) is 7.14. The van der Waals surface area contributed by atoms with Gasteiger partial charge in [0.15, 0.2) is 0 Å². The molecule has 0 aromatic heterocycles. The van der Waals surface area contributed by atoms with Crippen LogP contribution in [-0.4, -0.2) is 30.6 Å². The predicted molar refractivity (Wildman–Crippen MR) is 60.2 cm³/mol. The van der Waals surface area contributed by atoms with Crippen LogP contribution in [0.25, 0.3) is 0 Å². The summed E-state index contributed by atoms with van der Waals surface area (Å²) in [6.07, 6.45) is 3.88. The summed E-state index contributed by atoms with van der Waals surface area (Å²) in [5.74, 6) is 0. The van der Waals surface area contributed by atoms with Gasteiger partial charge in [0.05, 0.1) is 0 Å². The van der Waals surface area contributed by atoms with Gasteiger partial charge in [-0.3, -0.25) is 0 Å². The van der Waals surface area contributed by atoms with Gasteiger partial charge < -0.3 is 10.6 Å². The first-order valence-electron chi connectivity index (χ1n) is 5.89. The molecule has 1 saturated heterocycles. The molecule has 1 aliphatic carbocycles. The first-order valence-corrected chi connectivity index (χ1v) is 5.89. The average Bonchev–Trinajstić information content (AvgIpc) is 2.28. The van der Waals surface area contributed by atoms with Gasteiger partial charge in [-0.25, -0.2) is 0 Å². The molecule has 14 heavy (non-hydrogen) atoms. The van der Waals surface area contributed by atoms with Crippen LogP contribution in [0.1, 0.15) is 40.0 Å². The molecule has 2 N–H and O–H groups in total. The lowest BCUT2D eigenvalue weighted by Gasteiger charge is -2.49. The monoisotopic (exact) mass is 196 g/mol. The topological polar surface area (TPSA) is 29.3 Å². The highest BCUT2D eigenvalue weighted by atomic mass is 15.2. The maximum Gasteiger partial charge on any atom is 0.0105 e. The minimum absolute atomic E-state index is 0.399. The third-order valence-corrected chi connectivity index (χ3v) is 4.05. The summed E-state index contributed by atoms with van der Waals surface area (Å²) in [5, 5.41) is 0. The molecule has 0 aromatic rings. The maximum atomic E-state index is 6.18. The molecule has 0 amide bonds. The van der Waals surface area contributed by atoms with E-state index in [1.165, 1.54) is 38.9 Å². The van der Waals surface area contributed by atoms with Crippen molar-refractivity contribution < 1.29 is 0 Å². The van der Waals surface area contributed by atoms with E-state index in [1.54, 1.807) is 0 Å². The summed E-state index contributed by atoms with van der Waals surface area (Å²) >= 11 is 0. The van der Waals surface area contributed by atoms with Crippen LogP contribution < -0.4 is 5.73 Å². The second kappa shape index (κ2) is 3.21. The van der Waals surface area contributed by atoms with Crippen LogP contribution in [0.15, 0.2) is 0 Å². The summed E-state index contributed by atoms with van der Waals surface area (Å²) in [6, 6.07) is 0.436. The van der Waals surface area contributed by atoms with Crippen molar-refractivity contribution in [2.45, 2.75) is 46.1 Å². The van der Waals surface area contributed by atoms with Crippen LogP contribution in [0.3, 0.4) is 0 Å². The lowest BCUT2D eigenvalue weighted by atomic mass is 9.79. The lowest BCUT2D eigenvalue weighted by molar-refractivity contribution is -0.00310. The van der Waals surface area contributed by atoms with Gasteiger partial charge in [-0.15, -0.1) is 0 Å². The first kappa shape index (κ1) is 10.4. The Kier molecular flexibility index (Phi) is 2.39. The quantitative estimate of drug-likeness (QED) is 0.730. The third-order valence-electron chi connectivity index (χ3n) is 4.05. The molecule has 2 nitrogen and oxygen atoms in total. The Labute approximate surface area is 87.8 Å². The van der Waals surface area contributed by atoms with Gasteiger partial charge in [-0.1, -0.05) is 27.2 Å². The Morgan fingerprint density at radius 1 is 1.29 bits per heavy atom. The van der Waals surface area contributed by atoms with Crippen molar-refractivity contribution in [3.8, 4) is 0 Å². The smallest absolute Gasteiger partial charge is 0.0105 e. The minimum Gasteiger partial charge on any atom is -0.327 e. The van der Waals surface area contributed by atoms with Gasteiger partial charge in [0.1, 0.15) is 0 Å². The molecule has 2 heteroatoms. The van der Waals surface area contributed by atoms with E-state index in [1.807, 2.05) is 0 Å². The van der Waals surface area contributed by atoms with Gasteiger partial charge in [0.2, 0.25) is 0 Å². The molecule has 0 aromatic carbocycles. The Morgan fingerprint density at radius 2 is 1.93 bits per heavy atom. The van der Waals surface area contributed by atoms with Crippen molar-refractivity contribution >= 4 is 0 Å². The molecule has 1 heterocycles. The van der Waals surface area contributed by atoms with Gasteiger partial charge in [0.25, 0.3) is 0 Å². The summed E-state index contributed by atoms with van der Waals surface area (Å²) in [6.45, 7) is 10.8. The molecule has 0 radical (unpaired) electrons. The predicted octanol–water partition coefficient (Wildman–Crippen LogP) is 1.85. The van der Waals surface area contributed by atoms with Crippen molar-refractivity contribution in [2.75, 3.05) is 19.6 Å². The molecule has 0 bridgehead atoms. The van der Waals surface area contributed by atoms with Crippen molar-refractivity contribution in [3.05, 3.63) is 0 Å². The zero-order chi connectivity index (χ0) is 10.4. The molecule has 2 fully saturated rings. The van der Waals surface area contributed by atoms with Crippen molar-refractivity contribution in [1.82, 2.24) is 4.90 Å². The van der Waals surface area contributed by atoms with E-state index in [4.69, 9.17) is 5.73 Å². The largest absolute Gasteiger partial charge is 0.327 e. The number of nitrogens with two attached hydrogens (primary N) is 1. The van der Waals surface area contributed by atoms with E-state index in [0.717, 1.165) is 0 Å². The molecular weight excluding hydrogens is 172 g/mol. The van der Waals surface area contributed by atoms with E-state index >= 15 is 0 Å². The second-order valence-electron chi connectivity index (χ2n) is 6.46. The number of likely N-dealkylation sites (tertiary alicyclic amines) is 1. The SMILES string of the molecule is CC1(C)CN(CC2(C)CCCC2N)C1. The highest BCUT2D eigenvalue weighted by molar-refractivity contribution is 4.97. The molecule has 2 aliphatic rings. The fraction of sp³-hybridized carbons (Fsp3) is 1.00. The van der Waals surface area contributed by atoms with Gasteiger partial charge in [0, 0.05) is 25.7 Å². The summed E-state index contributed by atoms with van der Waals surface area (Å²) in [4.78, 5) is 2.57. The Bertz CT molecular complexity index is 216. The van der Waals surface area contributed by atoms with E-state index in [2.05, 4.69) is 25.7 Å². The molecule has 82 valence electrons. The average molecular weight is 196 g/mol. The highest BCUT2D eigenvalue weighted by Crippen LogP contribution is 2.40. The Morgan fingerprint density at radius 3 is 2.36 bits per heavy atom. The summed E-state index contributed by atoms with van der Waals surface area (Å²) in [7, 11) is 0. The first-order chi connectivity index (χ1) is 6.41. The molecule has 2 rings (SSSR count). The van der Waals surface area contributed by atoms with Gasteiger partial charge in [-0.05, 0) is 23.7 Å². The normalized spacial score (nSPS) is 42.4. The minimum atomic E-state index is 0.399. The number of hydrogen-bond acceptors (Lipinski definition) is 2. The zero-order valence-corrected chi connectivity index (χ0v) is 9.84. The Balaban J connectivity index is 1.86. The fourth-order valence-electron chi connectivity index (χ4n) is 3.24. The lowest BCUT2D eigenvalue weighted by Crippen LogP contribution is -2.57. The van der Waals surface area contributed by atoms with Crippen LogP contribution in [0.5, 0.6) is 0 Å². The van der Waals surface area contributed by atoms with E-state index in [-0.39, 0.29) is 0 Å². The molecule has 1 aliphatic heterocycles. The molecular formula is C12H24N2. The van der Waals surface area contributed by atoms with Crippen molar-refractivity contribution in [3.63, 3.8) is 0 Å². The zero-order valence-electron chi connectivity index (χ0n) is 9.84. The standard InChI is InChI=1S/C12H24N2/c1-11(2)7-14(8-11)9-12(3)6-4-5-10(12)13/h10H,4-9,13H2,1-3H3. The van der Waals surface area contributed by atoms with Crippen LogP contribution in [-0.2, 0) is 0 Å². The molecule has 1 saturated carbocycles. The molecule has 2 atom stereocenters. The third kappa shape index (κ3) is 1.82. The second-order valence-corrected chi connectivity index (χ2v) is 6.46. The number of hydrogen-bond donors (Lipinski definition) is 1. The number of rotatable bonds is 2. The highest BCUT2D eigenvalue weighted by Gasteiger charge is 2.42. The molecule has 2 unspecified atom stereocenters. The molecule has 0 spiro atoms. The van der Waals surface area contributed by atoms with Gasteiger partial charge in [-0.2, -0.15) is 0 Å². The van der Waals surface area contributed by atoms with Gasteiger partial charge >= 0.3 is 0 Å². The van der Waals surface area contributed by atoms with Crippen LogP contribution in [0.4, 0.5) is 0 Å². The number of nitrogens with zero attached hydrogens (tertiary/aromatic N) is 1. The van der Waals surface area contributed by atoms with E-state index < -0.39 is 0 Å². The van der Waals surface area contributed by atoms with E-state index in [0.29, 0.717) is 16.9 Å². The van der Waals surface area contributed by atoms with Crippen molar-refractivity contribution in [2.24, 2.45) is 16.6 Å². The van der Waals surface area contributed by atoms with Crippen LogP contribution >= 0.6 is 0 Å². The summed E-state index contributed by atoms with van der Waals surface area (Å²) < 4.78 is 0. The van der Waals surface area contributed by atoms with Crippen molar-refractivity contribution in [1.29, 1.82) is 0 Å². The fourth-order valence-corrected chi connectivity index (χ4v) is 3.24. The maximum absolute atomic E-state index is 6.18. The van der Waals surface area contributed by atoms with Crippen LogP contribution in [0, 0.1) is 10.8 Å². The van der Waals surface area contributed by atoms with E-state index in [9.17, 15) is 0 Å². The van der Waals surface area contributed by atoms with Crippen LogP contribution in [0.2, 0.25) is 0 Å².